The van der Waals surface area contributed by atoms with Crippen molar-refractivity contribution in [1.82, 2.24) is 19.4 Å². The molecule has 0 radical (unpaired) electrons. The highest BCUT2D eigenvalue weighted by molar-refractivity contribution is 9.10. The molecule has 0 bridgehead atoms. The smallest absolute Gasteiger partial charge is 0.257 e. The molecule has 0 spiro atoms. The lowest BCUT2D eigenvalue weighted by atomic mass is 10.2. The first kappa shape index (κ1) is 13.8. The molecular weight excluding hydrogens is 334 g/mol. The lowest BCUT2D eigenvalue weighted by molar-refractivity contribution is 0.102. The van der Waals surface area contributed by atoms with E-state index in [9.17, 15) is 4.79 Å². The molecule has 0 unspecified atom stereocenters. The van der Waals surface area contributed by atoms with Gasteiger partial charge in [0.25, 0.3) is 5.91 Å². The molecule has 0 saturated carbocycles. The van der Waals surface area contributed by atoms with Crippen molar-refractivity contribution >= 4 is 33.0 Å². The van der Waals surface area contributed by atoms with Gasteiger partial charge >= 0.3 is 0 Å². The number of hydrogen-bond donors (Lipinski definition) is 1. The number of rotatable bonds is 3. The number of hydrogen-bond acceptors (Lipinski definition) is 3. The Morgan fingerprint density at radius 3 is 2.95 bits per heavy atom. The van der Waals surface area contributed by atoms with Gasteiger partial charge in [0.15, 0.2) is 0 Å². The van der Waals surface area contributed by atoms with Crippen molar-refractivity contribution in [3.8, 4) is 0 Å². The van der Waals surface area contributed by atoms with Crippen molar-refractivity contribution in [2.75, 3.05) is 5.32 Å². The van der Waals surface area contributed by atoms with Crippen LogP contribution in [0.5, 0.6) is 0 Å². The summed E-state index contributed by atoms with van der Waals surface area (Å²) in [6.45, 7) is 2.01. The highest BCUT2D eigenvalue weighted by atomic mass is 79.9. The van der Waals surface area contributed by atoms with Gasteiger partial charge in [0.05, 0.1) is 33.1 Å². The van der Waals surface area contributed by atoms with E-state index in [1.807, 2.05) is 20.0 Å². The maximum atomic E-state index is 12.3. The van der Waals surface area contributed by atoms with Crippen LogP contribution in [0.15, 0.2) is 35.2 Å². The first-order valence-corrected chi connectivity index (χ1v) is 7.34. The Balaban J connectivity index is 1.89. The number of nitrogens with one attached hydrogen (secondary N) is 1. The van der Waals surface area contributed by atoms with Gasteiger partial charge in [0.2, 0.25) is 0 Å². The number of carbonyl (C=O) groups excluding carboxylic acids is 1. The maximum Gasteiger partial charge on any atom is 0.257 e. The number of amides is 1. The minimum Gasteiger partial charge on any atom is -0.319 e. The summed E-state index contributed by atoms with van der Waals surface area (Å²) in [6.07, 6.45) is 5.98. The molecule has 3 heterocycles. The molecular formula is C14H14BrN5O. The normalized spacial score (nSPS) is 11.0. The molecule has 6 nitrogen and oxygen atoms in total. The van der Waals surface area contributed by atoms with Gasteiger partial charge in [-0.1, -0.05) is 6.92 Å². The molecule has 3 aromatic heterocycles. The van der Waals surface area contributed by atoms with Crippen LogP contribution in [0, 0.1) is 0 Å². The second-order valence-corrected chi connectivity index (χ2v) is 5.57. The molecule has 0 aromatic carbocycles. The van der Waals surface area contributed by atoms with Crippen molar-refractivity contribution in [1.29, 1.82) is 0 Å². The van der Waals surface area contributed by atoms with Crippen LogP contribution in [0.4, 0.5) is 5.69 Å². The van der Waals surface area contributed by atoms with E-state index in [2.05, 4.69) is 31.4 Å². The summed E-state index contributed by atoms with van der Waals surface area (Å²) in [4.78, 5) is 12.3. The van der Waals surface area contributed by atoms with Gasteiger partial charge in [-0.2, -0.15) is 10.2 Å². The molecule has 0 saturated heterocycles. The van der Waals surface area contributed by atoms with Crippen LogP contribution in [-0.4, -0.2) is 25.3 Å². The van der Waals surface area contributed by atoms with Crippen LogP contribution in [0.25, 0.3) is 5.52 Å². The summed E-state index contributed by atoms with van der Waals surface area (Å²) in [5, 5.41) is 11.4. The Bertz CT molecular complexity index is 820. The van der Waals surface area contributed by atoms with E-state index in [1.54, 1.807) is 33.9 Å². The zero-order valence-electron chi connectivity index (χ0n) is 11.7. The number of halogens is 1. The largest absolute Gasteiger partial charge is 0.319 e. The standard InChI is InChI=1S/C14H14BrN5O/c1-3-11-12(8-19(2)18-11)17-14(21)9-4-5-13-10(15)6-16-20(13)7-9/h4-8H,3H2,1-2H3,(H,17,21). The second kappa shape index (κ2) is 5.33. The minimum absolute atomic E-state index is 0.175. The number of pyridine rings is 1. The first-order valence-electron chi connectivity index (χ1n) is 6.55. The monoisotopic (exact) mass is 347 g/mol. The van der Waals surface area contributed by atoms with Gasteiger partial charge in [-0.15, -0.1) is 0 Å². The molecule has 1 amide bonds. The third kappa shape index (κ3) is 2.56. The fourth-order valence-corrected chi connectivity index (χ4v) is 2.59. The summed E-state index contributed by atoms with van der Waals surface area (Å²) < 4.78 is 4.26. The number of anilines is 1. The van der Waals surface area contributed by atoms with Gasteiger partial charge < -0.3 is 5.32 Å². The van der Waals surface area contributed by atoms with E-state index in [4.69, 9.17) is 0 Å². The highest BCUT2D eigenvalue weighted by Gasteiger charge is 2.12. The predicted octanol–water partition coefficient (Wildman–Crippen LogP) is 2.65. The van der Waals surface area contributed by atoms with E-state index in [0.717, 1.165) is 27.8 Å². The molecule has 0 aliphatic heterocycles. The van der Waals surface area contributed by atoms with E-state index >= 15 is 0 Å². The zero-order valence-corrected chi connectivity index (χ0v) is 13.3. The Labute approximate surface area is 129 Å². The van der Waals surface area contributed by atoms with E-state index in [1.165, 1.54) is 0 Å². The lowest BCUT2D eigenvalue weighted by Gasteiger charge is -2.05. The topological polar surface area (TPSA) is 64.2 Å². The van der Waals surface area contributed by atoms with Crippen molar-refractivity contribution in [2.45, 2.75) is 13.3 Å². The Morgan fingerprint density at radius 1 is 1.38 bits per heavy atom. The number of carbonyl (C=O) groups is 1. The van der Waals surface area contributed by atoms with Gasteiger partial charge in [-0.3, -0.25) is 9.48 Å². The van der Waals surface area contributed by atoms with Crippen LogP contribution in [0.2, 0.25) is 0 Å². The Kier molecular flexibility index (Phi) is 3.50. The van der Waals surface area contributed by atoms with Crippen LogP contribution in [0.3, 0.4) is 0 Å². The number of aromatic nitrogens is 4. The SMILES string of the molecule is CCc1nn(C)cc1NC(=O)c1ccc2c(Br)cnn2c1. The minimum atomic E-state index is -0.175. The average Bonchev–Trinajstić information content (AvgIpc) is 3.01. The number of fused-ring (bicyclic) bond motifs is 1. The molecule has 0 fully saturated rings. The summed E-state index contributed by atoms with van der Waals surface area (Å²) in [7, 11) is 1.84. The summed E-state index contributed by atoms with van der Waals surface area (Å²) in [5.41, 5.74) is 3.08. The fourth-order valence-electron chi connectivity index (χ4n) is 2.18. The predicted molar refractivity (Wildman–Crippen MR) is 83.4 cm³/mol. The van der Waals surface area contributed by atoms with E-state index in [-0.39, 0.29) is 5.91 Å². The van der Waals surface area contributed by atoms with Gasteiger partial charge in [-0.05, 0) is 34.5 Å². The molecule has 0 aliphatic carbocycles. The van der Waals surface area contributed by atoms with E-state index in [0.29, 0.717) is 5.56 Å². The fraction of sp³-hybridized carbons (Fsp3) is 0.214. The van der Waals surface area contributed by atoms with Gasteiger partial charge in [0, 0.05) is 19.4 Å². The molecule has 7 heteroatoms. The van der Waals surface area contributed by atoms with Crippen molar-refractivity contribution in [2.24, 2.45) is 7.05 Å². The lowest BCUT2D eigenvalue weighted by Crippen LogP contribution is -2.13. The average molecular weight is 348 g/mol. The molecule has 3 aromatic rings. The molecule has 0 aliphatic rings. The molecule has 1 N–H and O–H groups in total. The Hall–Kier alpha value is -2.15. The van der Waals surface area contributed by atoms with Gasteiger partial charge in [0.1, 0.15) is 0 Å². The van der Waals surface area contributed by atoms with E-state index < -0.39 is 0 Å². The summed E-state index contributed by atoms with van der Waals surface area (Å²) >= 11 is 3.41. The van der Waals surface area contributed by atoms with Crippen LogP contribution >= 0.6 is 15.9 Å². The van der Waals surface area contributed by atoms with Crippen LogP contribution in [0.1, 0.15) is 23.0 Å². The van der Waals surface area contributed by atoms with Crippen molar-refractivity contribution in [3.05, 3.63) is 46.5 Å². The van der Waals surface area contributed by atoms with Crippen LogP contribution < -0.4 is 5.32 Å². The molecule has 3 rings (SSSR count). The number of nitrogens with zero attached hydrogens (tertiary/aromatic N) is 4. The number of aryl methyl sites for hydroxylation is 2. The first-order chi connectivity index (χ1) is 10.1. The zero-order chi connectivity index (χ0) is 15.0. The molecule has 21 heavy (non-hydrogen) atoms. The molecule has 108 valence electrons. The quantitative estimate of drug-likeness (QED) is 0.792. The third-order valence-corrected chi connectivity index (χ3v) is 3.83. The second-order valence-electron chi connectivity index (χ2n) is 4.71. The summed E-state index contributed by atoms with van der Waals surface area (Å²) in [6, 6.07) is 3.63. The van der Waals surface area contributed by atoms with Crippen molar-refractivity contribution < 1.29 is 4.79 Å². The Morgan fingerprint density at radius 2 is 2.19 bits per heavy atom. The van der Waals surface area contributed by atoms with Crippen molar-refractivity contribution in [3.63, 3.8) is 0 Å². The van der Waals surface area contributed by atoms with Crippen LogP contribution in [-0.2, 0) is 13.5 Å². The maximum absolute atomic E-state index is 12.3. The summed E-state index contributed by atoms with van der Waals surface area (Å²) in [5.74, 6) is -0.175. The third-order valence-electron chi connectivity index (χ3n) is 3.22. The van der Waals surface area contributed by atoms with Gasteiger partial charge in [-0.25, -0.2) is 4.52 Å². The highest BCUT2D eigenvalue weighted by Crippen LogP contribution is 2.19. The molecule has 0 atom stereocenters.